The number of benzene rings is 1. The van der Waals surface area contributed by atoms with Gasteiger partial charge < -0.3 is 0 Å². The van der Waals surface area contributed by atoms with Crippen LogP contribution in [0.5, 0.6) is 0 Å². The van der Waals surface area contributed by atoms with Gasteiger partial charge in [0.05, 0.1) is 6.04 Å². The molecule has 1 saturated carbocycles. The molecule has 1 aromatic heterocycles. The summed E-state index contributed by atoms with van der Waals surface area (Å²) < 4.78 is 2.10. The van der Waals surface area contributed by atoms with Gasteiger partial charge in [-0.1, -0.05) is 56.5 Å². The van der Waals surface area contributed by atoms with Gasteiger partial charge in [0, 0.05) is 5.41 Å². The molecule has 1 fully saturated rings. The molecule has 2 unspecified atom stereocenters. The van der Waals surface area contributed by atoms with E-state index in [0.29, 0.717) is 6.04 Å². The Kier molecular flexibility index (Phi) is 3.86. The zero-order valence-electron chi connectivity index (χ0n) is 12.2. The Morgan fingerprint density at radius 1 is 1.20 bits per heavy atom. The van der Waals surface area contributed by atoms with Crippen LogP contribution in [0.3, 0.4) is 0 Å². The molecular weight excluding hydrogens is 246 g/mol. The summed E-state index contributed by atoms with van der Waals surface area (Å²) in [7, 11) is 0. The second kappa shape index (κ2) is 5.78. The molecule has 106 valence electrons. The highest BCUT2D eigenvalue weighted by Crippen LogP contribution is 2.47. The maximum absolute atomic E-state index is 4.46. The Morgan fingerprint density at radius 2 is 2.05 bits per heavy atom. The van der Waals surface area contributed by atoms with E-state index in [2.05, 4.69) is 52.0 Å². The van der Waals surface area contributed by atoms with Crippen molar-refractivity contribution >= 4 is 0 Å². The van der Waals surface area contributed by atoms with E-state index in [1.54, 1.807) is 6.33 Å². The Hall–Kier alpha value is -1.64. The molecule has 3 nitrogen and oxygen atoms in total. The lowest BCUT2D eigenvalue weighted by Gasteiger charge is -2.39. The summed E-state index contributed by atoms with van der Waals surface area (Å²) in [5.41, 5.74) is 1.66. The molecule has 2 atom stereocenters. The zero-order chi connectivity index (χ0) is 13.8. The first-order chi connectivity index (χ1) is 9.87. The van der Waals surface area contributed by atoms with Crippen molar-refractivity contribution in [2.24, 2.45) is 0 Å². The van der Waals surface area contributed by atoms with Crippen LogP contribution < -0.4 is 0 Å². The molecule has 0 saturated heterocycles. The number of hydrogen-bond acceptors (Lipinski definition) is 2. The van der Waals surface area contributed by atoms with Crippen LogP contribution in [0.4, 0.5) is 0 Å². The molecule has 1 heterocycles. The fourth-order valence-corrected chi connectivity index (χ4v) is 3.88. The molecule has 3 rings (SSSR count). The lowest BCUT2D eigenvalue weighted by atomic mass is 9.69. The Balaban J connectivity index is 2.08. The third-order valence-electron chi connectivity index (χ3n) is 4.97. The Bertz CT molecular complexity index is 520. The van der Waals surface area contributed by atoms with Crippen LogP contribution in [-0.4, -0.2) is 14.8 Å². The van der Waals surface area contributed by atoms with E-state index in [9.17, 15) is 0 Å². The van der Waals surface area contributed by atoms with Gasteiger partial charge in [0.15, 0.2) is 0 Å². The van der Waals surface area contributed by atoms with E-state index in [4.69, 9.17) is 0 Å². The topological polar surface area (TPSA) is 30.7 Å². The van der Waals surface area contributed by atoms with E-state index in [-0.39, 0.29) is 5.41 Å². The van der Waals surface area contributed by atoms with E-state index >= 15 is 0 Å². The predicted octanol–water partition coefficient (Wildman–Crippen LogP) is 4.13. The predicted molar refractivity (Wildman–Crippen MR) is 80.6 cm³/mol. The summed E-state index contributed by atoms with van der Waals surface area (Å²) in [6.45, 7) is 2.32. The smallest absolute Gasteiger partial charge is 0.137 e. The van der Waals surface area contributed by atoms with Crippen molar-refractivity contribution in [3.63, 3.8) is 0 Å². The third-order valence-corrected chi connectivity index (χ3v) is 4.97. The number of rotatable bonds is 3. The minimum Gasteiger partial charge on any atom is -0.249 e. The summed E-state index contributed by atoms with van der Waals surface area (Å²) in [5, 5.41) is 4.46. The van der Waals surface area contributed by atoms with Gasteiger partial charge in [-0.15, -0.1) is 0 Å². The van der Waals surface area contributed by atoms with E-state index in [0.717, 1.165) is 6.42 Å². The molecule has 0 amide bonds. The van der Waals surface area contributed by atoms with Crippen molar-refractivity contribution in [2.75, 3.05) is 0 Å². The van der Waals surface area contributed by atoms with Crippen molar-refractivity contribution in [3.05, 3.63) is 48.5 Å². The molecule has 0 N–H and O–H groups in total. The Labute approximate surface area is 121 Å². The molecule has 1 aromatic carbocycles. The van der Waals surface area contributed by atoms with Crippen LogP contribution >= 0.6 is 0 Å². The van der Waals surface area contributed by atoms with Gasteiger partial charge in [0.25, 0.3) is 0 Å². The SMILES string of the molecule is CCC1(c2ccccc2)CCCCCC1n1cncn1. The standard InChI is InChI=1S/C17H23N3/c1-2-17(15-9-5-3-6-10-15)12-8-4-7-11-16(17)20-14-18-13-19-20/h3,5-6,9-10,13-14,16H,2,4,7-8,11-12H2,1H3. The first-order valence-corrected chi connectivity index (χ1v) is 7.76. The van der Waals surface area contributed by atoms with Crippen LogP contribution in [0.25, 0.3) is 0 Å². The van der Waals surface area contributed by atoms with E-state index in [1.807, 2.05) is 6.33 Å². The van der Waals surface area contributed by atoms with Gasteiger partial charge in [0.1, 0.15) is 12.7 Å². The van der Waals surface area contributed by atoms with Gasteiger partial charge >= 0.3 is 0 Å². The van der Waals surface area contributed by atoms with Gasteiger partial charge in [-0.2, -0.15) is 5.10 Å². The van der Waals surface area contributed by atoms with Gasteiger partial charge in [-0.25, -0.2) is 9.67 Å². The van der Waals surface area contributed by atoms with Gasteiger partial charge in [-0.3, -0.25) is 0 Å². The summed E-state index contributed by atoms with van der Waals surface area (Å²) in [5.74, 6) is 0. The van der Waals surface area contributed by atoms with Crippen LogP contribution in [0.1, 0.15) is 57.1 Å². The van der Waals surface area contributed by atoms with Gasteiger partial charge in [-0.05, 0) is 24.8 Å². The van der Waals surface area contributed by atoms with Crippen molar-refractivity contribution < 1.29 is 0 Å². The molecule has 0 aliphatic heterocycles. The van der Waals surface area contributed by atoms with Crippen molar-refractivity contribution in [2.45, 2.75) is 56.9 Å². The average molecular weight is 269 g/mol. The molecule has 0 radical (unpaired) electrons. The summed E-state index contributed by atoms with van der Waals surface area (Å²) in [6, 6.07) is 11.4. The van der Waals surface area contributed by atoms with Crippen LogP contribution in [0.15, 0.2) is 43.0 Å². The molecule has 0 spiro atoms. The highest BCUT2D eigenvalue weighted by molar-refractivity contribution is 5.27. The minimum absolute atomic E-state index is 0.200. The molecule has 20 heavy (non-hydrogen) atoms. The Morgan fingerprint density at radius 3 is 2.75 bits per heavy atom. The molecule has 2 aromatic rings. The fourth-order valence-electron chi connectivity index (χ4n) is 3.88. The lowest BCUT2D eigenvalue weighted by Crippen LogP contribution is -2.36. The number of nitrogens with zero attached hydrogens (tertiary/aromatic N) is 3. The van der Waals surface area contributed by atoms with E-state index in [1.165, 1.54) is 37.7 Å². The van der Waals surface area contributed by atoms with E-state index < -0.39 is 0 Å². The summed E-state index contributed by atoms with van der Waals surface area (Å²) in [4.78, 5) is 4.17. The lowest BCUT2D eigenvalue weighted by molar-refractivity contribution is 0.223. The van der Waals surface area contributed by atoms with Crippen molar-refractivity contribution in [1.82, 2.24) is 14.8 Å². The van der Waals surface area contributed by atoms with Crippen LogP contribution in [-0.2, 0) is 5.41 Å². The maximum Gasteiger partial charge on any atom is 0.137 e. The van der Waals surface area contributed by atoms with Crippen LogP contribution in [0.2, 0.25) is 0 Å². The highest BCUT2D eigenvalue weighted by atomic mass is 15.3. The molecule has 1 aliphatic carbocycles. The highest BCUT2D eigenvalue weighted by Gasteiger charge is 2.40. The molecule has 0 bridgehead atoms. The molecule has 3 heteroatoms. The monoisotopic (exact) mass is 269 g/mol. The second-order valence-corrected chi connectivity index (χ2v) is 5.87. The quantitative estimate of drug-likeness (QED) is 0.784. The number of aromatic nitrogens is 3. The largest absolute Gasteiger partial charge is 0.249 e. The molecular formula is C17H23N3. The first-order valence-electron chi connectivity index (χ1n) is 7.76. The summed E-state index contributed by atoms with van der Waals surface area (Å²) in [6.07, 6.45) is 11.1. The van der Waals surface area contributed by atoms with Crippen molar-refractivity contribution in [3.8, 4) is 0 Å². The first kappa shape index (κ1) is 13.3. The minimum atomic E-state index is 0.200. The number of hydrogen-bond donors (Lipinski definition) is 0. The van der Waals surface area contributed by atoms with Crippen molar-refractivity contribution in [1.29, 1.82) is 0 Å². The zero-order valence-corrected chi connectivity index (χ0v) is 12.2. The van der Waals surface area contributed by atoms with Gasteiger partial charge in [0.2, 0.25) is 0 Å². The fraction of sp³-hybridized carbons (Fsp3) is 0.529. The second-order valence-electron chi connectivity index (χ2n) is 5.87. The molecule has 1 aliphatic rings. The normalized spacial score (nSPS) is 27.1. The summed E-state index contributed by atoms with van der Waals surface area (Å²) >= 11 is 0. The third kappa shape index (κ3) is 2.26. The maximum atomic E-state index is 4.46. The average Bonchev–Trinajstić information content (AvgIpc) is 2.94. The van der Waals surface area contributed by atoms with Crippen LogP contribution in [0, 0.1) is 0 Å².